The molecule has 0 radical (unpaired) electrons. The Morgan fingerprint density at radius 3 is 2.29 bits per heavy atom. The van der Waals surface area contributed by atoms with E-state index in [-0.39, 0.29) is 17.5 Å². The fraction of sp³-hybridized carbons (Fsp3) is 0.391. The van der Waals surface area contributed by atoms with Crippen LogP contribution in [-0.4, -0.2) is 29.8 Å². The fourth-order valence-electron chi connectivity index (χ4n) is 4.06. The Hall–Kier alpha value is -2.69. The first-order valence-corrected chi connectivity index (χ1v) is 9.98. The summed E-state index contributed by atoms with van der Waals surface area (Å²) in [4.78, 5) is 27.6. The highest BCUT2D eigenvalue weighted by atomic mass is 19.1. The average Bonchev–Trinajstić information content (AvgIpc) is 3.53. The van der Waals surface area contributed by atoms with Crippen molar-refractivity contribution in [2.45, 2.75) is 32.1 Å². The summed E-state index contributed by atoms with van der Waals surface area (Å²) in [5, 5.41) is 2.61. The molecule has 1 saturated carbocycles. The van der Waals surface area contributed by atoms with Gasteiger partial charge in [0.05, 0.1) is 5.69 Å². The molecule has 28 heavy (non-hydrogen) atoms. The molecule has 1 N–H and O–H groups in total. The standard InChI is InChI=1S/C23H25FN2O2/c24-19-8-4-5-9-20(19)25-21(27)23(12-13-23)22(28)26-14-10-18(11-15-26)16-17-6-2-1-3-7-17/h1-9,18H,10-16H2,(H,25,27). The number of piperidine rings is 1. The number of hydrogen-bond donors (Lipinski definition) is 1. The first kappa shape index (κ1) is 18.7. The summed E-state index contributed by atoms with van der Waals surface area (Å²) in [6.07, 6.45) is 4.01. The number of nitrogens with zero attached hydrogens (tertiary/aromatic N) is 1. The van der Waals surface area contributed by atoms with Crippen LogP contribution in [0.2, 0.25) is 0 Å². The number of likely N-dealkylation sites (tertiary alicyclic amines) is 1. The highest BCUT2D eigenvalue weighted by Gasteiger charge is 2.58. The number of anilines is 1. The number of nitrogens with one attached hydrogen (secondary N) is 1. The van der Waals surface area contributed by atoms with Crippen molar-refractivity contribution < 1.29 is 14.0 Å². The molecule has 4 nitrogen and oxygen atoms in total. The Labute approximate surface area is 164 Å². The summed E-state index contributed by atoms with van der Waals surface area (Å²) < 4.78 is 13.8. The quantitative estimate of drug-likeness (QED) is 0.797. The molecule has 0 spiro atoms. The Balaban J connectivity index is 1.34. The van der Waals surface area contributed by atoms with Gasteiger partial charge < -0.3 is 10.2 Å². The molecule has 146 valence electrons. The van der Waals surface area contributed by atoms with E-state index < -0.39 is 11.2 Å². The van der Waals surface area contributed by atoms with Crippen LogP contribution in [0.1, 0.15) is 31.2 Å². The number of para-hydroxylation sites is 1. The van der Waals surface area contributed by atoms with Crippen molar-refractivity contribution in [3.63, 3.8) is 0 Å². The summed E-state index contributed by atoms with van der Waals surface area (Å²) in [5.41, 5.74) is 0.456. The highest BCUT2D eigenvalue weighted by Crippen LogP contribution is 2.48. The number of halogens is 1. The van der Waals surface area contributed by atoms with Crippen LogP contribution >= 0.6 is 0 Å². The van der Waals surface area contributed by atoms with Crippen molar-refractivity contribution >= 4 is 17.5 Å². The van der Waals surface area contributed by atoms with E-state index in [1.54, 1.807) is 12.1 Å². The molecule has 0 atom stereocenters. The van der Waals surface area contributed by atoms with Crippen LogP contribution in [0.15, 0.2) is 54.6 Å². The largest absolute Gasteiger partial charge is 0.342 e. The second-order valence-corrected chi connectivity index (χ2v) is 7.94. The molecular weight excluding hydrogens is 355 g/mol. The number of amides is 2. The van der Waals surface area contributed by atoms with Crippen LogP contribution in [-0.2, 0) is 16.0 Å². The second kappa shape index (κ2) is 7.74. The summed E-state index contributed by atoms with van der Waals surface area (Å²) in [5.74, 6) is -0.400. The van der Waals surface area contributed by atoms with Crippen molar-refractivity contribution in [2.75, 3.05) is 18.4 Å². The van der Waals surface area contributed by atoms with Crippen LogP contribution in [0.3, 0.4) is 0 Å². The zero-order valence-electron chi connectivity index (χ0n) is 15.9. The predicted molar refractivity (Wildman–Crippen MR) is 106 cm³/mol. The smallest absolute Gasteiger partial charge is 0.240 e. The molecule has 4 rings (SSSR count). The molecule has 2 fully saturated rings. The highest BCUT2D eigenvalue weighted by molar-refractivity contribution is 6.13. The van der Waals surface area contributed by atoms with Crippen LogP contribution in [0.4, 0.5) is 10.1 Å². The van der Waals surface area contributed by atoms with Gasteiger partial charge in [0.15, 0.2) is 0 Å². The van der Waals surface area contributed by atoms with Gasteiger partial charge in [0.2, 0.25) is 11.8 Å². The number of carbonyl (C=O) groups is 2. The second-order valence-electron chi connectivity index (χ2n) is 7.94. The fourth-order valence-corrected chi connectivity index (χ4v) is 4.06. The maximum atomic E-state index is 13.8. The maximum Gasteiger partial charge on any atom is 0.240 e. The zero-order chi connectivity index (χ0) is 19.6. The predicted octanol–water partition coefficient (Wildman–Crippen LogP) is 4.03. The lowest BCUT2D eigenvalue weighted by molar-refractivity contribution is -0.143. The topological polar surface area (TPSA) is 49.4 Å². The molecule has 1 aliphatic carbocycles. The SMILES string of the molecule is O=C(Nc1ccccc1F)C1(C(=O)N2CCC(Cc3ccccc3)CC2)CC1. The van der Waals surface area contributed by atoms with E-state index in [1.807, 2.05) is 11.0 Å². The Kier molecular flexibility index (Phi) is 5.16. The normalized spacial score (nSPS) is 18.5. The number of benzene rings is 2. The van der Waals surface area contributed by atoms with Crippen LogP contribution in [0.5, 0.6) is 0 Å². The lowest BCUT2D eigenvalue weighted by atomic mass is 9.89. The van der Waals surface area contributed by atoms with Gasteiger partial charge in [-0.3, -0.25) is 9.59 Å². The monoisotopic (exact) mass is 380 g/mol. The van der Waals surface area contributed by atoms with Gasteiger partial charge in [-0.05, 0) is 55.7 Å². The molecule has 2 amide bonds. The lowest BCUT2D eigenvalue weighted by Gasteiger charge is -2.34. The first-order valence-electron chi connectivity index (χ1n) is 9.98. The molecule has 0 aromatic heterocycles. The van der Waals surface area contributed by atoms with Crippen molar-refractivity contribution in [1.82, 2.24) is 4.90 Å². The molecule has 0 unspecified atom stereocenters. The van der Waals surface area contributed by atoms with Gasteiger partial charge in [0.1, 0.15) is 11.2 Å². The molecule has 2 aromatic rings. The van der Waals surface area contributed by atoms with Gasteiger partial charge in [-0.2, -0.15) is 0 Å². The number of rotatable bonds is 5. The molecule has 1 saturated heterocycles. The molecule has 5 heteroatoms. The van der Waals surface area contributed by atoms with Gasteiger partial charge >= 0.3 is 0 Å². The van der Waals surface area contributed by atoms with Crippen molar-refractivity contribution in [1.29, 1.82) is 0 Å². The van der Waals surface area contributed by atoms with Crippen molar-refractivity contribution in [3.05, 3.63) is 66.0 Å². The summed E-state index contributed by atoms with van der Waals surface area (Å²) in [6, 6.07) is 16.5. The Morgan fingerprint density at radius 1 is 1.00 bits per heavy atom. The third-order valence-electron chi connectivity index (χ3n) is 5.99. The van der Waals surface area contributed by atoms with Gasteiger partial charge in [-0.25, -0.2) is 4.39 Å². The summed E-state index contributed by atoms with van der Waals surface area (Å²) in [7, 11) is 0. The van der Waals surface area contributed by atoms with Crippen LogP contribution in [0.25, 0.3) is 0 Å². The molecule has 1 heterocycles. The van der Waals surface area contributed by atoms with Crippen LogP contribution < -0.4 is 5.32 Å². The minimum absolute atomic E-state index is 0.0977. The van der Waals surface area contributed by atoms with E-state index in [9.17, 15) is 14.0 Å². The summed E-state index contributed by atoms with van der Waals surface area (Å²) in [6.45, 7) is 1.37. The third-order valence-corrected chi connectivity index (χ3v) is 5.99. The van der Waals surface area contributed by atoms with Gasteiger partial charge in [0, 0.05) is 13.1 Å². The number of hydrogen-bond acceptors (Lipinski definition) is 2. The Morgan fingerprint density at radius 2 is 1.64 bits per heavy atom. The van der Waals surface area contributed by atoms with E-state index in [1.165, 1.54) is 17.7 Å². The zero-order valence-corrected chi connectivity index (χ0v) is 15.9. The van der Waals surface area contributed by atoms with E-state index in [2.05, 4.69) is 29.6 Å². The minimum Gasteiger partial charge on any atom is -0.342 e. The Bertz CT molecular complexity index is 856. The third kappa shape index (κ3) is 3.79. The first-order chi connectivity index (χ1) is 13.6. The van der Waals surface area contributed by atoms with Crippen LogP contribution in [0, 0.1) is 17.2 Å². The van der Waals surface area contributed by atoms with Crippen molar-refractivity contribution in [3.8, 4) is 0 Å². The van der Waals surface area contributed by atoms with Gasteiger partial charge in [-0.15, -0.1) is 0 Å². The van der Waals surface area contributed by atoms with Gasteiger partial charge in [0.25, 0.3) is 0 Å². The molecule has 2 aliphatic rings. The maximum absolute atomic E-state index is 13.8. The molecule has 0 bridgehead atoms. The minimum atomic E-state index is -1.01. The lowest BCUT2D eigenvalue weighted by Crippen LogP contribution is -2.46. The van der Waals surface area contributed by atoms with E-state index in [4.69, 9.17) is 0 Å². The van der Waals surface area contributed by atoms with E-state index in [0.717, 1.165) is 19.3 Å². The molecular formula is C23H25FN2O2. The summed E-state index contributed by atoms with van der Waals surface area (Å²) >= 11 is 0. The molecule has 1 aliphatic heterocycles. The van der Waals surface area contributed by atoms with Gasteiger partial charge in [-0.1, -0.05) is 42.5 Å². The average molecular weight is 380 g/mol. The van der Waals surface area contributed by atoms with E-state index in [0.29, 0.717) is 31.8 Å². The van der Waals surface area contributed by atoms with Crippen molar-refractivity contribution in [2.24, 2.45) is 11.3 Å². The molecule has 2 aromatic carbocycles. The number of carbonyl (C=O) groups excluding carboxylic acids is 2. The van der Waals surface area contributed by atoms with E-state index >= 15 is 0 Å².